The van der Waals surface area contributed by atoms with Crippen LogP contribution in [0.4, 0.5) is 11.4 Å². The van der Waals surface area contributed by atoms with Gasteiger partial charge in [-0.25, -0.2) is 0 Å². The summed E-state index contributed by atoms with van der Waals surface area (Å²) in [5.41, 5.74) is 2.53. The van der Waals surface area contributed by atoms with Crippen molar-refractivity contribution in [3.63, 3.8) is 0 Å². The first-order valence-electron chi connectivity index (χ1n) is 8.87. The number of anilines is 2. The van der Waals surface area contributed by atoms with Gasteiger partial charge in [0.1, 0.15) is 0 Å². The third kappa shape index (κ3) is 5.82. The molecule has 0 saturated carbocycles. The van der Waals surface area contributed by atoms with E-state index in [0.29, 0.717) is 17.7 Å². The summed E-state index contributed by atoms with van der Waals surface area (Å²) in [6, 6.07) is 17.5. The minimum Gasteiger partial charge on any atom is -0.375 e. The normalized spacial score (nSPS) is 10.2. The largest absolute Gasteiger partial charge is 0.375 e. The lowest BCUT2D eigenvalue weighted by atomic mass is 10.1. The van der Waals surface area contributed by atoms with Crippen LogP contribution in [-0.4, -0.2) is 25.3 Å². The van der Waals surface area contributed by atoms with Crippen molar-refractivity contribution in [1.82, 2.24) is 0 Å². The zero-order chi connectivity index (χ0) is 18.8. The molecule has 0 radical (unpaired) electrons. The van der Waals surface area contributed by atoms with Gasteiger partial charge in [0, 0.05) is 41.9 Å². The van der Waals surface area contributed by atoms with E-state index in [1.54, 1.807) is 11.8 Å². The van der Waals surface area contributed by atoms with Crippen molar-refractivity contribution in [2.45, 2.75) is 31.1 Å². The minimum atomic E-state index is -0.124. The Balaban J connectivity index is 2.03. The van der Waals surface area contributed by atoms with Crippen molar-refractivity contribution in [3.8, 4) is 6.07 Å². The molecule has 0 unspecified atom stereocenters. The lowest BCUT2D eigenvalue weighted by Crippen LogP contribution is -2.18. The van der Waals surface area contributed by atoms with Crippen LogP contribution in [0.5, 0.6) is 0 Å². The fraction of sp³-hybridized carbons (Fsp3) is 0.333. The first kappa shape index (κ1) is 19.9. The van der Waals surface area contributed by atoms with E-state index in [9.17, 15) is 4.79 Å². The number of para-hydroxylation sites is 1. The highest BCUT2D eigenvalue weighted by Crippen LogP contribution is 2.28. The molecule has 26 heavy (non-hydrogen) atoms. The molecule has 0 fully saturated rings. The molecule has 0 aliphatic rings. The number of amides is 1. The molecule has 2 aromatic rings. The maximum atomic E-state index is 12.6. The zero-order valence-electron chi connectivity index (χ0n) is 15.4. The van der Waals surface area contributed by atoms with Gasteiger partial charge in [0.15, 0.2) is 0 Å². The van der Waals surface area contributed by atoms with Gasteiger partial charge in [-0.05, 0) is 42.8 Å². The van der Waals surface area contributed by atoms with Gasteiger partial charge in [-0.1, -0.05) is 25.5 Å². The van der Waals surface area contributed by atoms with Crippen LogP contribution in [0, 0.1) is 11.3 Å². The van der Waals surface area contributed by atoms with Gasteiger partial charge in [0.05, 0.1) is 11.8 Å². The van der Waals surface area contributed by atoms with Crippen LogP contribution in [-0.2, 0) is 0 Å². The summed E-state index contributed by atoms with van der Waals surface area (Å²) in [6.45, 7) is 3.19. The standard InChI is InChI=1S/C21H25N3OS/c1-3-4-15-24(2)18-12-10-17(11-13-18)21(25)23-19-8-5-6-9-20(19)26-16-7-14-22/h5-6,8-13H,3-4,7,15-16H2,1-2H3,(H,23,25). The molecule has 0 aliphatic heterocycles. The molecule has 5 heteroatoms. The highest BCUT2D eigenvalue weighted by atomic mass is 32.2. The number of unbranched alkanes of at least 4 members (excludes halogenated alkanes) is 1. The Morgan fingerprint density at radius 1 is 1.19 bits per heavy atom. The predicted molar refractivity (Wildman–Crippen MR) is 110 cm³/mol. The van der Waals surface area contributed by atoms with Gasteiger partial charge in [0.2, 0.25) is 0 Å². The molecule has 0 saturated heterocycles. The van der Waals surface area contributed by atoms with E-state index in [1.807, 2.05) is 48.5 Å². The maximum Gasteiger partial charge on any atom is 0.255 e. The molecule has 1 amide bonds. The van der Waals surface area contributed by atoms with Crippen LogP contribution in [0.25, 0.3) is 0 Å². The smallest absolute Gasteiger partial charge is 0.255 e. The van der Waals surface area contributed by atoms with Crippen molar-refractivity contribution < 1.29 is 4.79 Å². The minimum absolute atomic E-state index is 0.124. The number of nitrogens with zero attached hydrogens (tertiary/aromatic N) is 2. The van der Waals surface area contributed by atoms with Crippen molar-refractivity contribution in [3.05, 3.63) is 54.1 Å². The van der Waals surface area contributed by atoms with Gasteiger partial charge >= 0.3 is 0 Å². The average molecular weight is 368 g/mol. The zero-order valence-corrected chi connectivity index (χ0v) is 16.2. The molecular weight excluding hydrogens is 342 g/mol. The quantitative estimate of drug-likeness (QED) is 0.490. The van der Waals surface area contributed by atoms with Crippen molar-refractivity contribution in [2.75, 3.05) is 29.6 Å². The van der Waals surface area contributed by atoms with Crippen LogP contribution in [0.1, 0.15) is 36.5 Å². The van der Waals surface area contributed by atoms with E-state index >= 15 is 0 Å². The number of carbonyl (C=O) groups is 1. The van der Waals surface area contributed by atoms with E-state index in [-0.39, 0.29) is 5.91 Å². The lowest BCUT2D eigenvalue weighted by molar-refractivity contribution is 0.102. The van der Waals surface area contributed by atoms with E-state index in [1.165, 1.54) is 0 Å². The fourth-order valence-electron chi connectivity index (χ4n) is 2.49. The van der Waals surface area contributed by atoms with E-state index in [0.717, 1.165) is 35.7 Å². The van der Waals surface area contributed by atoms with Crippen LogP contribution in [0.15, 0.2) is 53.4 Å². The first-order chi connectivity index (χ1) is 12.7. The predicted octanol–water partition coefficient (Wildman–Crippen LogP) is 5.18. The molecular formula is C21H25N3OS. The molecule has 1 N–H and O–H groups in total. The summed E-state index contributed by atoms with van der Waals surface area (Å²) in [4.78, 5) is 15.7. The SMILES string of the molecule is CCCCN(C)c1ccc(C(=O)Nc2ccccc2SCCC#N)cc1. The molecule has 0 aliphatic carbocycles. The number of thioether (sulfide) groups is 1. The molecule has 0 bridgehead atoms. The Morgan fingerprint density at radius 2 is 1.92 bits per heavy atom. The summed E-state index contributed by atoms with van der Waals surface area (Å²) in [5.74, 6) is 0.587. The van der Waals surface area contributed by atoms with Crippen LogP contribution >= 0.6 is 11.8 Å². The Bertz CT molecular complexity index is 753. The summed E-state index contributed by atoms with van der Waals surface area (Å²) in [5, 5.41) is 11.7. The second-order valence-corrected chi connectivity index (χ2v) is 7.17. The van der Waals surface area contributed by atoms with Gasteiger partial charge < -0.3 is 10.2 Å². The molecule has 0 aromatic heterocycles. The van der Waals surface area contributed by atoms with Gasteiger partial charge in [-0.15, -0.1) is 11.8 Å². The number of rotatable bonds is 9. The molecule has 2 aromatic carbocycles. The Kier molecular flexibility index (Phi) is 8.04. The number of hydrogen-bond acceptors (Lipinski definition) is 4. The molecule has 0 atom stereocenters. The van der Waals surface area contributed by atoms with Crippen LogP contribution in [0.3, 0.4) is 0 Å². The molecule has 0 heterocycles. The summed E-state index contributed by atoms with van der Waals surface area (Å²) < 4.78 is 0. The molecule has 136 valence electrons. The number of carbonyl (C=O) groups excluding carboxylic acids is 1. The first-order valence-corrected chi connectivity index (χ1v) is 9.85. The number of nitriles is 1. The Labute approximate surface area is 160 Å². The second-order valence-electron chi connectivity index (χ2n) is 6.03. The summed E-state index contributed by atoms with van der Waals surface area (Å²) in [6.07, 6.45) is 2.80. The number of hydrogen-bond donors (Lipinski definition) is 1. The van der Waals surface area contributed by atoms with Gasteiger partial charge in [0.25, 0.3) is 5.91 Å². The summed E-state index contributed by atoms with van der Waals surface area (Å²) >= 11 is 1.58. The highest BCUT2D eigenvalue weighted by molar-refractivity contribution is 7.99. The number of nitrogens with one attached hydrogen (secondary N) is 1. The van der Waals surface area contributed by atoms with E-state index < -0.39 is 0 Å². The Hall–Kier alpha value is -2.45. The van der Waals surface area contributed by atoms with Crippen molar-refractivity contribution in [2.24, 2.45) is 0 Å². The topological polar surface area (TPSA) is 56.1 Å². The third-order valence-corrected chi connectivity index (χ3v) is 5.10. The van der Waals surface area contributed by atoms with Gasteiger partial charge in [-0.3, -0.25) is 4.79 Å². The lowest BCUT2D eigenvalue weighted by Gasteiger charge is -2.19. The highest BCUT2D eigenvalue weighted by Gasteiger charge is 2.10. The van der Waals surface area contributed by atoms with Crippen LogP contribution in [0.2, 0.25) is 0 Å². The monoisotopic (exact) mass is 367 g/mol. The molecule has 2 rings (SSSR count). The second kappa shape index (κ2) is 10.5. The molecule has 4 nitrogen and oxygen atoms in total. The van der Waals surface area contributed by atoms with E-state index in [2.05, 4.69) is 30.3 Å². The number of benzene rings is 2. The third-order valence-electron chi connectivity index (χ3n) is 4.02. The fourth-order valence-corrected chi connectivity index (χ4v) is 3.35. The summed E-state index contributed by atoms with van der Waals surface area (Å²) in [7, 11) is 2.07. The van der Waals surface area contributed by atoms with Gasteiger partial charge in [-0.2, -0.15) is 5.26 Å². The average Bonchev–Trinajstić information content (AvgIpc) is 2.67. The van der Waals surface area contributed by atoms with Crippen molar-refractivity contribution in [1.29, 1.82) is 5.26 Å². The van der Waals surface area contributed by atoms with E-state index in [4.69, 9.17) is 5.26 Å². The van der Waals surface area contributed by atoms with Crippen LogP contribution < -0.4 is 10.2 Å². The maximum absolute atomic E-state index is 12.6. The van der Waals surface area contributed by atoms with Crippen molar-refractivity contribution >= 4 is 29.0 Å². The Morgan fingerprint density at radius 3 is 2.62 bits per heavy atom. The molecule has 0 spiro atoms.